The average Bonchev–Trinajstić information content (AvgIpc) is 2.37. The highest BCUT2D eigenvalue weighted by atomic mass is 16.5. The molecule has 3 heteroatoms. The van der Waals surface area contributed by atoms with Crippen molar-refractivity contribution in [2.75, 3.05) is 6.61 Å². The molecule has 0 heterocycles. The van der Waals surface area contributed by atoms with Gasteiger partial charge in [-0.15, -0.1) is 0 Å². The van der Waals surface area contributed by atoms with Crippen molar-refractivity contribution in [3.63, 3.8) is 0 Å². The maximum atomic E-state index is 11.0. The van der Waals surface area contributed by atoms with E-state index in [4.69, 9.17) is 9.84 Å². The van der Waals surface area contributed by atoms with Gasteiger partial charge in [0.05, 0.1) is 12.5 Å². The van der Waals surface area contributed by atoms with E-state index in [9.17, 15) is 4.79 Å². The number of ether oxygens (including phenoxy) is 1. The molecule has 1 unspecified atom stereocenters. The fraction of sp³-hybridized carbons (Fsp3) is 0.267. The number of rotatable bonds is 4. The minimum Gasteiger partial charge on any atom is -0.494 e. The topological polar surface area (TPSA) is 46.5 Å². The first-order chi connectivity index (χ1) is 8.61. The molecule has 2 aromatic carbocycles. The number of hydrogen-bond donors (Lipinski definition) is 1. The fourth-order valence-electron chi connectivity index (χ4n) is 1.91. The van der Waals surface area contributed by atoms with Crippen molar-refractivity contribution < 1.29 is 14.6 Å². The van der Waals surface area contributed by atoms with E-state index < -0.39 is 11.9 Å². The van der Waals surface area contributed by atoms with E-state index in [0.29, 0.717) is 6.61 Å². The van der Waals surface area contributed by atoms with Crippen LogP contribution >= 0.6 is 0 Å². The van der Waals surface area contributed by atoms with E-state index in [1.165, 1.54) is 0 Å². The minimum absolute atomic E-state index is 0.485. The highest BCUT2D eigenvalue weighted by Crippen LogP contribution is 2.25. The predicted molar refractivity (Wildman–Crippen MR) is 71.2 cm³/mol. The Morgan fingerprint density at radius 2 is 1.89 bits per heavy atom. The number of benzene rings is 2. The van der Waals surface area contributed by atoms with Gasteiger partial charge in [-0.2, -0.15) is 0 Å². The summed E-state index contributed by atoms with van der Waals surface area (Å²) < 4.78 is 5.44. The molecule has 0 aliphatic carbocycles. The van der Waals surface area contributed by atoms with Gasteiger partial charge < -0.3 is 9.84 Å². The number of carboxylic acid groups (broad SMARTS) is 1. The zero-order valence-corrected chi connectivity index (χ0v) is 10.5. The lowest BCUT2D eigenvalue weighted by molar-refractivity contribution is -0.138. The molecule has 0 aromatic heterocycles. The fourth-order valence-corrected chi connectivity index (χ4v) is 1.91. The molecule has 1 N–H and O–H groups in total. The molecule has 0 saturated carbocycles. The van der Waals surface area contributed by atoms with Crippen LogP contribution in [0.15, 0.2) is 36.4 Å². The smallest absolute Gasteiger partial charge is 0.310 e. The lowest BCUT2D eigenvalue weighted by atomic mass is 9.98. The Morgan fingerprint density at radius 1 is 1.22 bits per heavy atom. The van der Waals surface area contributed by atoms with Gasteiger partial charge in [-0.3, -0.25) is 4.79 Å². The second-order valence-electron chi connectivity index (χ2n) is 4.26. The quantitative estimate of drug-likeness (QED) is 0.896. The molecule has 0 fully saturated rings. The molecule has 0 saturated heterocycles. The van der Waals surface area contributed by atoms with Gasteiger partial charge in [0, 0.05) is 0 Å². The van der Waals surface area contributed by atoms with Crippen LogP contribution in [-0.4, -0.2) is 17.7 Å². The maximum absolute atomic E-state index is 11.0. The molecule has 0 radical (unpaired) electrons. The zero-order valence-electron chi connectivity index (χ0n) is 10.5. The van der Waals surface area contributed by atoms with Crippen LogP contribution in [0.5, 0.6) is 5.75 Å². The van der Waals surface area contributed by atoms with E-state index in [1.807, 2.05) is 43.3 Å². The second kappa shape index (κ2) is 5.08. The average molecular weight is 244 g/mol. The Hall–Kier alpha value is -2.03. The highest BCUT2D eigenvalue weighted by Gasteiger charge is 2.13. The molecule has 94 valence electrons. The Balaban J connectivity index is 2.41. The summed E-state index contributed by atoms with van der Waals surface area (Å²) in [5.41, 5.74) is 0.819. The van der Waals surface area contributed by atoms with Crippen molar-refractivity contribution in [3.8, 4) is 5.75 Å². The van der Waals surface area contributed by atoms with Gasteiger partial charge in [0.1, 0.15) is 5.75 Å². The number of hydrogen-bond acceptors (Lipinski definition) is 2. The summed E-state index contributed by atoms with van der Waals surface area (Å²) in [4.78, 5) is 11.0. The maximum Gasteiger partial charge on any atom is 0.310 e. The van der Waals surface area contributed by atoms with Crippen LogP contribution in [0.2, 0.25) is 0 Å². The van der Waals surface area contributed by atoms with Crippen LogP contribution in [0.25, 0.3) is 10.8 Å². The molecule has 0 aliphatic rings. The number of fused-ring (bicyclic) bond motifs is 1. The first-order valence-corrected chi connectivity index (χ1v) is 6.01. The largest absolute Gasteiger partial charge is 0.494 e. The number of aliphatic carboxylic acids is 1. The molecular weight excluding hydrogens is 228 g/mol. The molecule has 0 bridgehead atoms. The van der Waals surface area contributed by atoms with Crippen LogP contribution in [0.3, 0.4) is 0 Å². The third-order valence-electron chi connectivity index (χ3n) is 3.02. The van der Waals surface area contributed by atoms with Gasteiger partial charge in [-0.1, -0.05) is 24.3 Å². The summed E-state index contributed by atoms with van der Waals surface area (Å²) in [5.74, 6) is -0.453. The Bertz CT molecular complexity index is 575. The van der Waals surface area contributed by atoms with Gasteiger partial charge in [-0.25, -0.2) is 0 Å². The number of carboxylic acids is 1. The van der Waals surface area contributed by atoms with Crippen LogP contribution in [0, 0.1) is 0 Å². The van der Waals surface area contributed by atoms with Gasteiger partial charge in [-0.05, 0) is 42.3 Å². The summed E-state index contributed by atoms with van der Waals surface area (Å²) in [5, 5.41) is 11.1. The van der Waals surface area contributed by atoms with E-state index in [0.717, 1.165) is 22.1 Å². The highest BCUT2D eigenvalue weighted by molar-refractivity contribution is 5.86. The molecule has 1 atom stereocenters. The normalized spacial score (nSPS) is 12.3. The van der Waals surface area contributed by atoms with E-state index in [-0.39, 0.29) is 0 Å². The van der Waals surface area contributed by atoms with E-state index in [2.05, 4.69) is 0 Å². The molecule has 3 nitrogen and oxygen atoms in total. The first kappa shape index (κ1) is 12.4. The van der Waals surface area contributed by atoms with Crippen LogP contribution < -0.4 is 4.74 Å². The zero-order chi connectivity index (χ0) is 13.1. The van der Waals surface area contributed by atoms with E-state index in [1.54, 1.807) is 6.92 Å². The molecular formula is C15H16O3. The third-order valence-corrected chi connectivity index (χ3v) is 3.02. The Morgan fingerprint density at radius 3 is 2.56 bits per heavy atom. The summed E-state index contributed by atoms with van der Waals surface area (Å²) in [6.45, 7) is 4.28. The monoisotopic (exact) mass is 244 g/mol. The van der Waals surface area contributed by atoms with Gasteiger partial charge in [0.15, 0.2) is 0 Å². The third kappa shape index (κ3) is 2.45. The first-order valence-electron chi connectivity index (χ1n) is 6.01. The SMILES string of the molecule is CCOc1ccc2cc(C(C)C(=O)O)ccc2c1. The lowest BCUT2D eigenvalue weighted by Crippen LogP contribution is -2.07. The van der Waals surface area contributed by atoms with Crippen molar-refractivity contribution >= 4 is 16.7 Å². The molecule has 2 aromatic rings. The van der Waals surface area contributed by atoms with E-state index >= 15 is 0 Å². The van der Waals surface area contributed by atoms with Crippen molar-refractivity contribution in [1.82, 2.24) is 0 Å². The lowest BCUT2D eigenvalue weighted by Gasteiger charge is -2.09. The summed E-state index contributed by atoms with van der Waals surface area (Å²) in [6, 6.07) is 11.5. The predicted octanol–water partition coefficient (Wildman–Crippen LogP) is 3.43. The van der Waals surface area contributed by atoms with Crippen molar-refractivity contribution in [2.24, 2.45) is 0 Å². The summed E-state index contributed by atoms with van der Waals surface area (Å²) >= 11 is 0. The van der Waals surface area contributed by atoms with Gasteiger partial charge in [0.25, 0.3) is 0 Å². The van der Waals surface area contributed by atoms with Crippen molar-refractivity contribution in [3.05, 3.63) is 42.0 Å². The minimum atomic E-state index is -0.805. The van der Waals surface area contributed by atoms with Crippen LogP contribution in [0.4, 0.5) is 0 Å². The van der Waals surface area contributed by atoms with Crippen LogP contribution in [0.1, 0.15) is 25.3 Å². The Labute approximate surface area is 106 Å². The summed E-state index contributed by atoms with van der Waals surface area (Å²) in [6.07, 6.45) is 0. The molecule has 2 rings (SSSR count). The standard InChI is InChI=1S/C15H16O3/c1-3-18-14-7-6-12-8-11(10(2)15(16)17)4-5-13(12)9-14/h4-10H,3H2,1-2H3,(H,16,17). The van der Waals surface area contributed by atoms with Gasteiger partial charge in [0.2, 0.25) is 0 Å². The molecule has 0 aliphatic heterocycles. The van der Waals surface area contributed by atoms with Crippen molar-refractivity contribution in [2.45, 2.75) is 19.8 Å². The Kier molecular flexibility index (Phi) is 3.51. The molecule has 0 spiro atoms. The summed E-state index contributed by atoms with van der Waals surface area (Å²) in [7, 11) is 0. The second-order valence-corrected chi connectivity index (χ2v) is 4.26. The van der Waals surface area contributed by atoms with Crippen LogP contribution in [-0.2, 0) is 4.79 Å². The number of carbonyl (C=O) groups is 1. The van der Waals surface area contributed by atoms with Gasteiger partial charge >= 0.3 is 5.97 Å². The molecule has 18 heavy (non-hydrogen) atoms. The van der Waals surface area contributed by atoms with Crippen molar-refractivity contribution in [1.29, 1.82) is 0 Å². The molecule has 0 amide bonds.